The maximum Gasteiger partial charge on any atom is 0.150 e. The molecule has 0 unspecified atom stereocenters. The summed E-state index contributed by atoms with van der Waals surface area (Å²) in [6.07, 6.45) is 5.56. The second-order valence-corrected chi connectivity index (χ2v) is 3.92. The lowest BCUT2D eigenvalue weighted by Gasteiger charge is -2.11. The van der Waals surface area contributed by atoms with Crippen LogP contribution in [0.4, 0.5) is 0 Å². The topological polar surface area (TPSA) is 37.3 Å². The van der Waals surface area contributed by atoms with Crippen molar-refractivity contribution in [2.24, 2.45) is 0 Å². The Kier molecular flexibility index (Phi) is 2.53. The van der Waals surface area contributed by atoms with E-state index in [-0.39, 0.29) is 0 Å². The van der Waals surface area contributed by atoms with Gasteiger partial charge in [0.1, 0.15) is 12.0 Å². The maximum absolute atomic E-state index is 10.6. The van der Waals surface area contributed by atoms with Gasteiger partial charge in [0.25, 0.3) is 0 Å². The summed E-state index contributed by atoms with van der Waals surface area (Å²) >= 11 is 0. The van der Waals surface area contributed by atoms with Crippen LogP contribution < -0.4 is 0 Å². The molecule has 1 saturated carbocycles. The van der Waals surface area contributed by atoms with Gasteiger partial charge < -0.3 is 5.11 Å². The molecule has 0 atom stereocenters. The first-order valence-corrected chi connectivity index (χ1v) is 5.09. The van der Waals surface area contributed by atoms with Crippen LogP contribution in [0.25, 0.3) is 0 Å². The van der Waals surface area contributed by atoms with Gasteiger partial charge in [0.2, 0.25) is 0 Å². The fraction of sp³-hybridized carbons (Fsp3) is 0.417. The number of carbonyl (C=O) groups is 1. The van der Waals surface area contributed by atoms with E-state index in [1.165, 1.54) is 12.8 Å². The van der Waals surface area contributed by atoms with Crippen LogP contribution in [0.15, 0.2) is 18.2 Å². The first kappa shape index (κ1) is 9.25. The molecule has 0 bridgehead atoms. The average Bonchev–Trinajstić information content (AvgIpc) is 2.71. The number of hydrogen-bond acceptors (Lipinski definition) is 2. The highest BCUT2D eigenvalue weighted by Crippen LogP contribution is 2.38. The van der Waals surface area contributed by atoms with Crippen LogP contribution >= 0.6 is 0 Å². The van der Waals surface area contributed by atoms with Crippen molar-refractivity contribution in [1.82, 2.24) is 0 Å². The van der Waals surface area contributed by atoms with Crippen molar-refractivity contribution >= 4 is 6.29 Å². The third kappa shape index (κ3) is 1.65. The van der Waals surface area contributed by atoms with E-state index in [4.69, 9.17) is 0 Å². The minimum atomic E-state index is 0.336. The van der Waals surface area contributed by atoms with Gasteiger partial charge in [-0.25, -0.2) is 0 Å². The lowest BCUT2D eigenvalue weighted by molar-refractivity contribution is 0.112. The molecule has 2 rings (SSSR count). The van der Waals surface area contributed by atoms with Crippen LogP contribution in [-0.4, -0.2) is 11.4 Å². The van der Waals surface area contributed by atoms with Crippen molar-refractivity contribution < 1.29 is 9.90 Å². The van der Waals surface area contributed by atoms with Gasteiger partial charge in [-0.15, -0.1) is 0 Å². The van der Waals surface area contributed by atoms with E-state index < -0.39 is 0 Å². The quantitative estimate of drug-likeness (QED) is 0.728. The van der Waals surface area contributed by atoms with E-state index in [0.717, 1.165) is 24.7 Å². The summed E-state index contributed by atoms with van der Waals surface area (Å²) in [7, 11) is 0. The highest BCUT2D eigenvalue weighted by Gasteiger charge is 2.19. The van der Waals surface area contributed by atoms with Gasteiger partial charge in [-0.05, 0) is 42.5 Å². The van der Waals surface area contributed by atoms with Crippen LogP contribution in [0.1, 0.15) is 47.5 Å². The van der Waals surface area contributed by atoms with Gasteiger partial charge >= 0.3 is 0 Å². The molecule has 2 nitrogen and oxygen atoms in total. The normalized spacial score (nSPS) is 17.1. The summed E-state index contributed by atoms with van der Waals surface area (Å²) < 4.78 is 0. The van der Waals surface area contributed by atoms with E-state index in [0.29, 0.717) is 17.2 Å². The Morgan fingerprint density at radius 3 is 2.64 bits per heavy atom. The minimum Gasteiger partial charge on any atom is -0.508 e. The zero-order valence-electron chi connectivity index (χ0n) is 8.07. The molecule has 0 aromatic heterocycles. The van der Waals surface area contributed by atoms with E-state index in [2.05, 4.69) is 0 Å². The van der Waals surface area contributed by atoms with Crippen LogP contribution in [0.3, 0.4) is 0 Å². The van der Waals surface area contributed by atoms with Crippen LogP contribution in [0.5, 0.6) is 5.75 Å². The van der Waals surface area contributed by atoms with Crippen molar-refractivity contribution in [3.63, 3.8) is 0 Å². The predicted octanol–water partition coefficient (Wildman–Crippen LogP) is 2.86. The maximum atomic E-state index is 10.6. The number of phenols is 1. The highest BCUT2D eigenvalue weighted by molar-refractivity contribution is 5.75. The summed E-state index contributed by atoms with van der Waals surface area (Å²) in [5, 5.41) is 9.67. The summed E-state index contributed by atoms with van der Waals surface area (Å²) in [6.45, 7) is 0. The van der Waals surface area contributed by atoms with Crippen molar-refractivity contribution in [1.29, 1.82) is 0 Å². The summed E-state index contributed by atoms with van der Waals surface area (Å²) in [6, 6.07) is 5.09. The first-order chi connectivity index (χ1) is 6.81. The second kappa shape index (κ2) is 3.82. The van der Waals surface area contributed by atoms with E-state index in [1.54, 1.807) is 12.1 Å². The Morgan fingerprint density at radius 1 is 1.29 bits per heavy atom. The molecule has 1 aliphatic carbocycles. The molecule has 2 heteroatoms. The Hall–Kier alpha value is -1.31. The zero-order valence-corrected chi connectivity index (χ0v) is 8.07. The second-order valence-electron chi connectivity index (χ2n) is 3.92. The lowest BCUT2D eigenvalue weighted by atomic mass is 9.95. The molecule has 1 aromatic carbocycles. The average molecular weight is 190 g/mol. The Bertz CT molecular complexity index is 338. The van der Waals surface area contributed by atoms with Crippen molar-refractivity contribution in [2.45, 2.75) is 31.6 Å². The SMILES string of the molecule is O=Cc1ccc(O)c(C2CCCC2)c1. The number of hydrogen-bond donors (Lipinski definition) is 1. The van der Waals surface area contributed by atoms with Gasteiger partial charge in [0.15, 0.2) is 0 Å². The standard InChI is InChI=1S/C12H14O2/c13-8-9-5-6-12(14)11(7-9)10-3-1-2-4-10/h5-8,10,14H,1-4H2. The number of phenolic OH excluding ortho intramolecular Hbond substituents is 1. The summed E-state index contributed by atoms with van der Waals surface area (Å²) in [4.78, 5) is 10.6. The van der Waals surface area contributed by atoms with Gasteiger partial charge in [-0.1, -0.05) is 12.8 Å². The van der Waals surface area contributed by atoms with Crippen molar-refractivity contribution in [3.8, 4) is 5.75 Å². The monoisotopic (exact) mass is 190 g/mol. The molecule has 0 saturated heterocycles. The molecule has 1 N–H and O–H groups in total. The molecule has 1 aromatic rings. The molecule has 74 valence electrons. The molecule has 0 radical (unpaired) electrons. The first-order valence-electron chi connectivity index (χ1n) is 5.09. The molecule has 0 spiro atoms. The van der Waals surface area contributed by atoms with Gasteiger partial charge in [0.05, 0.1) is 0 Å². The van der Waals surface area contributed by atoms with Crippen LogP contribution in [0, 0.1) is 0 Å². The predicted molar refractivity (Wildman–Crippen MR) is 54.7 cm³/mol. The van der Waals surface area contributed by atoms with Crippen LogP contribution in [0.2, 0.25) is 0 Å². The smallest absolute Gasteiger partial charge is 0.150 e. The molecule has 14 heavy (non-hydrogen) atoms. The van der Waals surface area contributed by atoms with Gasteiger partial charge in [-0.3, -0.25) is 4.79 Å². The molecular formula is C12H14O2. The summed E-state index contributed by atoms with van der Waals surface area (Å²) in [5.74, 6) is 0.789. The molecule has 1 fully saturated rings. The van der Waals surface area contributed by atoms with Crippen molar-refractivity contribution in [3.05, 3.63) is 29.3 Å². The number of rotatable bonds is 2. The van der Waals surface area contributed by atoms with Crippen LogP contribution in [-0.2, 0) is 0 Å². The molecule has 0 aliphatic heterocycles. The largest absolute Gasteiger partial charge is 0.508 e. The zero-order chi connectivity index (χ0) is 9.97. The van der Waals surface area contributed by atoms with E-state index in [1.807, 2.05) is 6.07 Å². The number of carbonyl (C=O) groups excluding carboxylic acids is 1. The number of benzene rings is 1. The molecule has 1 aliphatic rings. The number of aldehydes is 1. The van der Waals surface area contributed by atoms with E-state index in [9.17, 15) is 9.90 Å². The molecular weight excluding hydrogens is 176 g/mol. The Balaban J connectivity index is 2.34. The fourth-order valence-corrected chi connectivity index (χ4v) is 2.21. The Morgan fingerprint density at radius 2 is 2.00 bits per heavy atom. The fourth-order valence-electron chi connectivity index (χ4n) is 2.21. The molecule has 0 heterocycles. The highest BCUT2D eigenvalue weighted by atomic mass is 16.3. The molecule has 0 amide bonds. The summed E-state index contributed by atoms with van der Waals surface area (Å²) in [5.41, 5.74) is 1.61. The van der Waals surface area contributed by atoms with Gasteiger partial charge in [0, 0.05) is 5.56 Å². The lowest BCUT2D eigenvalue weighted by Crippen LogP contribution is -1.94. The third-order valence-corrected chi connectivity index (χ3v) is 2.98. The number of aromatic hydroxyl groups is 1. The van der Waals surface area contributed by atoms with Gasteiger partial charge in [-0.2, -0.15) is 0 Å². The van der Waals surface area contributed by atoms with E-state index >= 15 is 0 Å². The minimum absolute atomic E-state index is 0.336. The van der Waals surface area contributed by atoms with Crippen molar-refractivity contribution in [2.75, 3.05) is 0 Å². The third-order valence-electron chi connectivity index (χ3n) is 2.98. The Labute approximate surface area is 83.6 Å².